The van der Waals surface area contributed by atoms with Crippen LogP contribution in [0.2, 0.25) is 0 Å². The number of rotatable bonds is 5. The smallest absolute Gasteiger partial charge is 0.154 e. The largest absolute Gasteiger partial charge is 0.366 e. The van der Waals surface area contributed by atoms with Crippen LogP contribution in [-0.4, -0.2) is 42.6 Å². The highest BCUT2D eigenvalue weighted by molar-refractivity contribution is 5.63. The van der Waals surface area contributed by atoms with Crippen LogP contribution in [0.4, 0.5) is 5.82 Å². The molecule has 2 saturated heterocycles. The Hall–Kier alpha value is -3.25. The molecule has 5 heterocycles. The van der Waals surface area contributed by atoms with E-state index in [1.165, 1.54) is 31.2 Å². The van der Waals surface area contributed by atoms with E-state index in [1.54, 1.807) is 12.4 Å². The summed E-state index contributed by atoms with van der Waals surface area (Å²) in [5, 5.41) is 8.60. The Morgan fingerprint density at radius 1 is 0.903 bits per heavy atom. The van der Waals surface area contributed by atoms with Crippen LogP contribution < -0.4 is 5.32 Å². The fourth-order valence-corrected chi connectivity index (χ4v) is 5.32. The SMILES string of the molecule is c1ccc(CN2[C@@H]3CC[C@H]2C[C@H](Nc2ccc4ncc(-c5ccncc5)n4n2)C3)cc1. The van der Waals surface area contributed by atoms with Crippen LogP contribution in [0, 0.1) is 0 Å². The van der Waals surface area contributed by atoms with Gasteiger partial charge in [0.1, 0.15) is 5.82 Å². The molecule has 1 N–H and O–H groups in total. The maximum atomic E-state index is 4.87. The van der Waals surface area contributed by atoms with Gasteiger partial charge in [-0.25, -0.2) is 9.50 Å². The summed E-state index contributed by atoms with van der Waals surface area (Å²) in [5.41, 5.74) is 4.33. The van der Waals surface area contributed by atoms with E-state index in [0.29, 0.717) is 18.1 Å². The Morgan fingerprint density at radius 3 is 2.45 bits per heavy atom. The van der Waals surface area contributed by atoms with Gasteiger partial charge >= 0.3 is 0 Å². The number of pyridine rings is 1. The minimum atomic E-state index is 0.461. The minimum Gasteiger partial charge on any atom is -0.366 e. The van der Waals surface area contributed by atoms with Gasteiger partial charge in [-0.3, -0.25) is 9.88 Å². The summed E-state index contributed by atoms with van der Waals surface area (Å²) in [7, 11) is 0. The van der Waals surface area contributed by atoms with E-state index in [2.05, 4.69) is 56.6 Å². The number of piperidine rings is 1. The molecule has 1 aromatic carbocycles. The lowest BCUT2D eigenvalue weighted by atomic mass is 9.96. The van der Waals surface area contributed by atoms with Gasteiger partial charge in [-0.05, 0) is 55.5 Å². The zero-order valence-corrected chi connectivity index (χ0v) is 17.4. The number of nitrogens with one attached hydrogen (secondary N) is 1. The molecule has 2 bridgehead atoms. The van der Waals surface area contributed by atoms with Crippen molar-refractivity contribution in [1.29, 1.82) is 0 Å². The van der Waals surface area contributed by atoms with Gasteiger partial charge in [0.15, 0.2) is 5.65 Å². The van der Waals surface area contributed by atoms with Crippen LogP contribution in [0.1, 0.15) is 31.2 Å². The Bertz CT molecular complexity index is 1160. The third kappa shape index (κ3) is 3.57. The number of aromatic nitrogens is 4. The van der Waals surface area contributed by atoms with Crippen LogP contribution in [0.5, 0.6) is 0 Å². The Balaban J connectivity index is 1.19. The second kappa shape index (κ2) is 7.78. The van der Waals surface area contributed by atoms with Crippen LogP contribution in [0.15, 0.2) is 73.2 Å². The molecule has 2 aliphatic rings. The molecule has 0 radical (unpaired) electrons. The lowest BCUT2D eigenvalue weighted by Crippen LogP contribution is -2.46. The van der Waals surface area contributed by atoms with Crippen LogP contribution in [0.3, 0.4) is 0 Å². The van der Waals surface area contributed by atoms with Crippen molar-refractivity contribution in [2.24, 2.45) is 0 Å². The van der Waals surface area contributed by atoms with E-state index < -0.39 is 0 Å². The van der Waals surface area contributed by atoms with Crippen molar-refractivity contribution in [3.63, 3.8) is 0 Å². The molecule has 156 valence electrons. The van der Waals surface area contributed by atoms with Gasteiger partial charge in [-0.15, -0.1) is 5.10 Å². The molecule has 4 aromatic rings. The van der Waals surface area contributed by atoms with E-state index in [0.717, 1.165) is 29.3 Å². The summed E-state index contributed by atoms with van der Waals surface area (Å²) < 4.78 is 1.93. The van der Waals surface area contributed by atoms with Gasteiger partial charge in [0.05, 0.1) is 11.9 Å². The molecule has 3 aromatic heterocycles. The normalized spacial score (nSPS) is 23.3. The zero-order valence-electron chi connectivity index (χ0n) is 17.4. The third-order valence-electron chi connectivity index (χ3n) is 6.78. The second-order valence-corrected chi connectivity index (χ2v) is 8.72. The van der Waals surface area contributed by atoms with Gasteiger partial charge in [0.2, 0.25) is 0 Å². The maximum absolute atomic E-state index is 4.87. The summed E-state index contributed by atoms with van der Waals surface area (Å²) in [6.07, 6.45) is 10.4. The highest BCUT2D eigenvalue weighted by Gasteiger charge is 2.40. The number of hydrogen-bond donors (Lipinski definition) is 1. The summed E-state index contributed by atoms with van der Waals surface area (Å²) in [4.78, 5) is 11.4. The predicted octanol–water partition coefficient (Wildman–Crippen LogP) is 4.40. The molecule has 2 aliphatic heterocycles. The third-order valence-corrected chi connectivity index (χ3v) is 6.78. The van der Waals surface area contributed by atoms with Crippen LogP contribution in [-0.2, 0) is 6.54 Å². The molecule has 6 heteroatoms. The summed E-state index contributed by atoms with van der Waals surface area (Å²) in [5.74, 6) is 0.918. The van der Waals surface area contributed by atoms with Gasteiger partial charge in [0, 0.05) is 42.6 Å². The molecule has 2 fully saturated rings. The second-order valence-electron chi connectivity index (χ2n) is 8.72. The highest BCUT2D eigenvalue weighted by atomic mass is 15.3. The molecule has 0 aliphatic carbocycles. The first-order chi connectivity index (χ1) is 15.3. The average molecular weight is 411 g/mol. The number of fused-ring (bicyclic) bond motifs is 3. The van der Waals surface area contributed by atoms with Crippen molar-refractivity contribution in [2.75, 3.05) is 5.32 Å². The number of anilines is 1. The molecule has 0 amide bonds. The summed E-state index contributed by atoms with van der Waals surface area (Å²) >= 11 is 0. The first kappa shape index (κ1) is 18.5. The molecular weight excluding hydrogens is 384 g/mol. The first-order valence-electron chi connectivity index (χ1n) is 11.1. The molecule has 0 unspecified atom stereocenters. The van der Waals surface area contributed by atoms with Crippen molar-refractivity contribution in [2.45, 2.75) is 50.4 Å². The van der Waals surface area contributed by atoms with E-state index >= 15 is 0 Å². The quantitative estimate of drug-likeness (QED) is 0.529. The molecular formula is C25H26N6. The Labute approximate surface area is 182 Å². The van der Waals surface area contributed by atoms with Crippen LogP contribution >= 0.6 is 0 Å². The fraction of sp³-hybridized carbons (Fsp3) is 0.320. The fourth-order valence-electron chi connectivity index (χ4n) is 5.32. The standard InChI is InChI=1S/C25H26N6/c1-2-4-18(5-3-1)17-30-21-6-7-22(30)15-20(14-21)28-24-8-9-25-27-16-23(31(25)29-24)19-10-12-26-13-11-19/h1-5,8-13,16,20-22H,6-7,14-15,17H2,(H,28,29)/t20-,21-,22+. The average Bonchev–Trinajstić information content (AvgIpc) is 3.32. The summed E-state index contributed by atoms with van der Waals surface area (Å²) in [6.45, 7) is 1.07. The molecule has 6 rings (SSSR count). The van der Waals surface area contributed by atoms with Crippen molar-refractivity contribution < 1.29 is 0 Å². The highest BCUT2D eigenvalue weighted by Crippen LogP contribution is 2.37. The number of imidazole rings is 1. The van der Waals surface area contributed by atoms with E-state index in [-0.39, 0.29) is 0 Å². The zero-order chi connectivity index (χ0) is 20.6. The maximum Gasteiger partial charge on any atom is 0.154 e. The molecule has 0 spiro atoms. The van der Waals surface area contributed by atoms with Gasteiger partial charge in [0.25, 0.3) is 0 Å². The topological polar surface area (TPSA) is 58.3 Å². The number of benzene rings is 1. The first-order valence-corrected chi connectivity index (χ1v) is 11.1. The van der Waals surface area contributed by atoms with E-state index in [4.69, 9.17) is 5.10 Å². The number of nitrogens with zero attached hydrogens (tertiary/aromatic N) is 5. The number of hydrogen-bond acceptors (Lipinski definition) is 5. The molecule has 0 saturated carbocycles. The van der Waals surface area contributed by atoms with Gasteiger partial charge in [-0.1, -0.05) is 30.3 Å². The van der Waals surface area contributed by atoms with E-state index in [9.17, 15) is 0 Å². The predicted molar refractivity (Wildman–Crippen MR) is 122 cm³/mol. The van der Waals surface area contributed by atoms with Crippen molar-refractivity contribution in [3.05, 3.63) is 78.8 Å². The van der Waals surface area contributed by atoms with Gasteiger partial charge < -0.3 is 5.32 Å². The molecule has 6 nitrogen and oxygen atoms in total. The van der Waals surface area contributed by atoms with Crippen molar-refractivity contribution in [3.8, 4) is 11.3 Å². The van der Waals surface area contributed by atoms with E-state index in [1.807, 2.05) is 28.9 Å². The monoisotopic (exact) mass is 410 g/mol. The minimum absolute atomic E-state index is 0.461. The Kier molecular flexibility index (Phi) is 4.65. The lowest BCUT2D eigenvalue weighted by molar-refractivity contribution is 0.124. The van der Waals surface area contributed by atoms with Crippen LogP contribution in [0.25, 0.3) is 16.9 Å². The molecule has 31 heavy (non-hydrogen) atoms. The van der Waals surface area contributed by atoms with Crippen molar-refractivity contribution in [1.82, 2.24) is 24.5 Å². The lowest BCUT2D eigenvalue weighted by Gasteiger charge is -2.39. The van der Waals surface area contributed by atoms with Gasteiger partial charge in [-0.2, -0.15) is 0 Å². The molecule has 3 atom stereocenters. The summed E-state index contributed by atoms with van der Waals surface area (Å²) in [6, 6.07) is 20.7. The van der Waals surface area contributed by atoms with Crippen molar-refractivity contribution >= 4 is 11.5 Å². The Morgan fingerprint density at radius 2 is 1.68 bits per heavy atom.